The monoisotopic (exact) mass is 219 g/mol. The molecule has 82 valence electrons. The van der Waals surface area contributed by atoms with Gasteiger partial charge in [0.2, 0.25) is 0 Å². The summed E-state index contributed by atoms with van der Waals surface area (Å²) in [6, 6.07) is 3.04. The van der Waals surface area contributed by atoms with Crippen molar-refractivity contribution < 1.29 is 22.7 Å². The van der Waals surface area contributed by atoms with Crippen LogP contribution in [0.5, 0.6) is 0 Å². The minimum atomic E-state index is -2.38. The molecule has 0 saturated carbocycles. The van der Waals surface area contributed by atoms with Crippen molar-refractivity contribution in [1.82, 2.24) is 4.98 Å². The van der Waals surface area contributed by atoms with E-state index >= 15 is 0 Å². The summed E-state index contributed by atoms with van der Waals surface area (Å²) in [4.78, 5) is 13.6. The molecule has 1 aromatic heterocycles. The number of rotatable bonds is 4. The standard InChI is InChI=1S/C9H8F3NO2/c10-6(8(11)12)3-5-15-9(14)7-2-1-4-13-7/h1-2,4,13H,3,5H2. The number of hydrogen-bond acceptors (Lipinski definition) is 2. The second-order valence-electron chi connectivity index (χ2n) is 2.64. The molecule has 0 saturated heterocycles. The van der Waals surface area contributed by atoms with Gasteiger partial charge in [0.15, 0.2) is 5.83 Å². The third kappa shape index (κ3) is 3.49. The summed E-state index contributed by atoms with van der Waals surface area (Å²) in [5.74, 6) is -2.26. The molecule has 15 heavy (non-hydrogen) atoms. The molecule has 6 heteroatoms. The number of aromatic amines is 1. The largest absolute Gasteiger partial charge is 0.461 e. The number of ether oxygens (including phenoxy) is 1. The maximum Gasteiger partial charge on any atom is 0.354 e. The molecule has 0 aromatic carbocycles. The third-order valence-corrected chi connectivity index (χ3v) is 1.58. The quantitative estimate of drug-likeness (QED) is 0.791. The Kier molecular flexibility index (Phi) is 3.96. The summed E-state index contributed by atoms with van der Waals surface area (Å²) >= 11 is 0. The van der Waals surface area contributed by atoms with Gasteiger partial charge in [-0.2, -0.15) is 8.78 Å². The van der Waals surface area contributed by atoms with Gasteiger partial charge in [-0.15, -0.1) is 0 Å². The topological polar surface area (TPSA) is 42.1 Å². The van der Waals surface area contributed by atoms with Crippen LogP contribution in [-0.4, -0.2) is 17.6 Å². The predicted molar refractivity (Wildman–Crippen MR) is 46.0 cm³/mol. The molecule has 0 aliphatic heterocycles. The predicted octanol–water partition coefficient (Wildman–Crippen LogP) is 2.64. The molecule has 0 fully saturated rings. The fraction of sp³-hybridized carbons (Fsp3) is 0.222. The van der Waals surface area contributed by atoms with Crippen LogP contribution >= 0.6 is 0 Å². The zero-order valence-electron chi connectivity index (χ0n) is 7.60. The smallest absolute Gasteiger partial charge is 0.354 e. The fourth-order valence-electron chi connectivity index (χ4n) is 0.863. The van der Waals surface area contributed by atoms with E-state index < -0.39 is 30.9 Å². The van der Waals surface area contributed by atoms with Crippen LogP contribution < -0.4 is 0 Å². The number of H-pyrrole nitrogens is 1. The van der Waals surface area contributed by atoms with Gasteiger partial charge in [-0.1, -0.05) is 0 Å². The van der Waals surface area contributed by atoms with Crippen molar-refractivity contribution in [2.75, 3.05) is 6.61 Å². The SMILES string of the molecule is O=C(OCCC(F)=C(F)F)c1ccc[nH]1. The Morgan fingerprint density at radius 3 is 2.67 bits per heavy atom. The van der Waals surface area contributed by atoms with Gasteiger partial charge in [0.25, 0.3) is 0 Å². The molecular weight excluding hydrogens is 211 g/mol. The molecule has 1 rings (SSSR count). The van der Waals surface area contributed by atoms with E-state index in [1.54, 1.807) is 6.07 Å². The molecule has 0 spiro atoms. The van der Waals surface area contributed by atoms with Gasteiger partial charge >= 0.3 is 12.0 Å². The Morgan fingerprint density at radius 1 is 1.40 bits per heavy atom. The van der Waals surface area contributed by atoms with E-state index in [4.69, 9.17) is 0 Å². The summed E-state index contributed by atoms with van der Waals surface area (Å²) in [7, 11) is 0. The summed E-state index contributed by atoms with van der Waals surface area (Å²) in [5, 5.41) is 0. The molecule has 1 heterocycles. The number of carbonyl (C=O) groups excluding carboxylic acids is 1. The van der Waals surface area contributed by atoms with E-state index in [9.17, 15) is 18.0 Å². The average molecular weight is 219 g/mol. The number of hydrogen-bond donors (Lipinski definition) is 1. The summed E-state index contributed by atoms with van der Waals surface area (Å²) < 4.78 is 39.9. The maximum atomic E-state index is 12.2. The Bertz CT molecular complexity index is 355. The highest BCUT2D eigenvalue weighted by atomic mass is 19.3. The van der Waals surface area contributed by atoms with Crippen molar-refractivity contribution in [3.63, 3.8) is 0 Å². The van der Waals surface area contributed by atoms with Crippen molar-refractivity contribution in [3.05, 3.63) is 35.9 Å². The van der Waals surface area contributed by atoms with E-state index in [0.29, 0.717) is 0 Å². The van der Waals surface area contributed by atoms with Crippen LogP contribution in [0.1, 0.15) is 16.9 Å². The number of esters is 1. The molecule has 1 N–H and O–H groups in total. The fourth-order valence-corrected chi connectivity index (χ4v) is 0.863. The molecule has 0 aliphatic rings. The number of nitrogens with one attached hydrogen (secondary N) is 1. The van der Waals surface area contributed by atoms with Crippen LogP contribution in [0.25, 0.3) is 0 Å². The van der Waals surface area contributed by atoms with E-state index in [1.807, 2.05) is 0 Å². The summed E-state index contributed by atoms with van der Waals surface area (Å²) in [6.07, 6.45) is -1.49. The first-order valence-corrected chi connectivity index (χ1v) is 4.11. The van der Waals surface area contributed by atoms with Gasteiger partial charge in [-0.05, 0) is 12.1 Å². The molecule has 0 unspecified atom stereocenters. The molecule has 0 radical (unpaired) electrons. The zero-order chi connectivity index (χ0) is 11.3. The Hall–Kier alpha value is -1.72. The number of halogens is 3. The lowest BCUT2D eigenvalue weighted by molar-refractivity contribution is 0.0496. The van der Waals surface area contributed by atoms with Gasteiger partial charge < -0.3 is 9.72 Å². The van der Waals surface area contributed by atoms with Crippen molar-refractivity contribution in [2.45, 2.75) is 6.42 Å². The molecule has 0 bridgehead atoms. The van der Waals surface area contributed by atoms with E-state index in [-0.39, 0.29) is 5.69 Å². The maximum absolute atomic E-state index is 12.2. The van der Waals surface area contributed by atoms with Crippen molar-refractivity contribution in [1.29, 1.82) is 0 Å². The average Bonchev–Trinajstić information content (AvgIpc) is 2.70. The lowest BCUT2D eigenvalue weighted by atomic mass is 10.4. The van der Waals surface area contributed by atoms with E-state index in [2.05, 4.69) is 9.72 Å². The van der Waals surface area contributed by atoms with Crippen molar-refractivity contribution in [3.8, 4) is 0 Å². The molecule has 0 atom stereocenters. The van der Waals surface area contributed by atoms with Gasteiger partial charge in [-0.3, -0.25) is 0 Å². The lowest BCUT2D eigenvalue weighted by Crippen LogP contribution is -2.06. The first-order valence-electron chi connectivity index (χ1n) is 4.11. The van der Waals surface area contributed by atoms with Gasteiger partial charge in [0.05, 0.1) is 6.61 Å². The molecule has 0 aliphatic carbocycles. The third-order valence-electron chi connectivity index (χ3n) is 1.58. The second-order valence-corrected chi connectivity index (χ2v) is 2.64. The highest BCUT2D eigenvalue weighted by molar-refractivity contribution is 5.87. The first-order chi connectivity index (χ1) is 7.11. The number of carbonyl (C=O) groups is 1. The number of aromatic nitrogens is 1. The Morgan fingerprint density at radius 2 is 2.13 bits per heavy atom. The molecule has 3 nitrogen and oxygen atoms in total. The van der Waals surface area contributed by atoms with Gasteiger partial charge in [0, 0.05) is 12.6 Å². The highest BCUT2D eigenvalue weighted by Crippen LogP contribution is 2.13. The normalized spacial score (nSPS) is 9.80. The minimum Gasteiger partial charge on any atom is -0.461 e. The molecule has 1 aromatic rings. The zero-order valence-corrected chi connectivity index (χ0v) is 7.60. The lowest BCUT2D eigenvalue weighted by Gasteiger charge is -2.01. The Balaban J connectivity index is 2.33. The highest BCUT2D eigenvalue weighted by Gasteiger charge is 2.09. The van der Waals surface area contributed by atoms with Crippen molar-refractivity contribution >= 4 is 5.97 Å². The molecular formula is C9H8F3NO2. The second kappa shape index (κ2) is 5.23. The first kappa shape index (κ1) is 11.4. The minimum absolute atomic E-state index is 0.195. The summed E-state index contributed by atoms with van der Waals surface area (Å²) in [6.45, 7) is -0.416. The van der Waals surface area contributed by atoms with Crippen LogP contribution in [0.3, 0.4) is 0 Å². The van der Waals surface area contributed by atoms with Crippen LogP contribution in [0.2, 0.25) is 0 Å². The van der Waals surface area contributed by atoms with Crippen molar-refractivity contribution in [2.24, 2.45) is 0 Å². The summed E-state index contributed by atoms with van der Waals surface area (Å²) in [5.41, 5.74) is 0.195. The van der Waals surface area contributed by atoms with Gasteiger partial charge in [-0.25, -0.2) is 9.18 Å². The van der Waals surface area contributed by atoms with Crippen LogP contribution in [-0.2, 0) is 4.74 Å². The van der Waals surface area contributed by atoms with Gasteiger partial charge in [0.1, 0.15) is 5.69 Å². The van der Waals surface area contributed by atoms with Crippen LogP contribution in [0.15, 0.2) is 30.2 Å². The van der Waals surface area contributed by atoms with Crippen LogP contribution in [0, 0.1) is 0 Å². The Labute approximate surface area is 83.5 Å². The van der Waals surface area contributed by atoms with Crippen LogP contribution in [0.4, 0.5) is 13.2 Å². The van der Waals surface area contributed by atoms with E-state index in [0.717, 1.165) is 0 Å². The van der Waals surface area contributed by atoms with E-state index in [1.165, 1.54) is 12.3 Å². The molecule has 0 amide bonds.